The molecule has 13 heavy (non-hydrogen) atoms. The van der Waals surface area contributed by atoms with Gasteiger partial charge in [-0.15, -0.1) is 6.42 Å². The highest BCUT2D eigenvalue weighted by molar-refractivity contribution is 5.38. The number of benzene rings is 1. The molecule has 0 spiro atoms. The molecule has 0 aliphatic carbocycles. The third-order valence-electron chi connectivity index (χ3n) is 1.31. The molecule has 0 radical (unpaired) electrons. The number of rotatable bonds is 2. The SMILES string of the molecule is C#Cc1cccc(OCC)c1.CC. The van der Waals surface area contributed by atoms with Gasteiger partial charge in [-0.2, -0.15) is 0 Å². The van der Waals surface area contributed by atoms with Gasteiger partial charge >= 0.3 is 0 Å². The van der Waals surface area contributed by atoms with Gasteiger partial charge in [-0.25, -0.2) is 0 Å². The van der Waals surface area contributed by atoms with E-state index in [0.717, 1.165) is 11.3 Å². The summed E-state index contributed by atoms with van der Waals surface area (Å²) in [7, 11) is 0. The second kappa shape index (κ2) is 7.24. The van der Waals surface area contributed by atoms with Gasteiger partial charge in [0.15, 0.2) is 0 Å². The molecule has 0 aliphatic rings. The zero-order valence-electron chi connectivity index (χ0n) is 8.50. The van der Waals surface area contributed by atoms with Gasteiger partial charge in [0, 0.05) is 5.56 Å². The highest BCUT2D eigenvalue weighted by atomic mass is 16.5. The average Bonchev–Trinajstić information content (AvgIpc) is 2.22. The maximum absolute atomic E-state index is 5.25. The molecule has 0 aromatic heterocycles. The van der Waals surface area contributed by atoms with Crippen LogP contribution in [0.2, 0.25) is 0 Å². The van der Waals surface area contributed by atoms with Crippen LogP contribution in [0.5, 0.6) is 5.75 Å². The van der Waals surface area contributed by atoms with Crippen LogP contribution in [0.1, 0.15) is 26.3 Å². The molecule has 0 bridgehead atoms. The van der Waals surface area contributed by atoms with Crippen LogP contribution in [-0.2, 0) is 0 Å². The van der Waals surface area contributed by atoms with E-state index in [0.29, 0.717) is 6.61 Å². The first-order chi connectivity index (χ1) is 6.36. The minimum absolute atomic E-state index is 0.675. The van der Waals surface area contributed by atoms with Gasteiger partial charge in [-0.1, -0.05) is 25.8 Å². The number of terminal acetylenes is 1. The second-order valence-corrected chi connectivity index (χ2v) is 2.11. The normalized spacial score (nSPS) is 7.85. The number of ether oxygens (including phenoxy) is 1. The van der Waals surface area contributed by atoms with Crippen LogP contribution in [0.25, 0.3) is 0 Å². The van der Waals surface area contributed by atoms with Gasteiger partial charge in [0.1, 0.15) is 5.75 Å². The molecule has 1 nitrogen and oxygen atoms in total. The molecule has 1 aromatic carbocycles. The molecule has 0 saturated carbocycles. The fourth-order valence-corrected chi connectivity index (χ4v) is 0.842. The first-order valence-corrected chi connectivity index (χ1v) is 4.56. The highest BCUT2D eigenvalue weighted by Gasteiger charge is 1.91. The van der Waals surface area contributed by atoms with E-state index in [2.05, 4.69) is 5.92 Å². The summed E-state index contributed by atoms with van der Waals surface area (Å²) in [5, 5.41) is 0. The third-order valence-corrected chi connectivity index (χ3v) is 1.31. The van der Waals surface area contributed by atoms with Crippen molar-refractivity contribution in [3.05, 3.63) is 29.8 Å². The van der Waals surface area contributed by atoms with Crippen molar-refractivity contribution < 1.29 is 4.74 Å². The zero-order valence-corrected chi connectivity index (χ0v) is 8.50. The standard InChI is InChI=1S/C10H10O.C2H6/c1-3-9-6-5-7-10(8-9)11-4-2;1-2/h1,5-8H,4H2,2H3;1-2H3. The Hall–Kier alpha value is -1.42. The Morgan fingerprint density at radius 2 is 2.08 bits per heavy atom. The largest absolute Gasteiger partial charge is 0.494 e. The molecule has 1 heteroatoms. The predicted octanol–water partition coefficient (Wildman–Crippen LogP) is 3.09. The second-order valence-electron chi connectivity index (χ2n) is 2.11. The van der Waals surface area contributed by atoms with Crippen LogP contribution < -0.4 is 4.74 Å². The van der Waals surface area contributed by atoms with E-state index in [-0.39, 0.29) is 0 Å². The summed E-state index contributed by atoms with van der Waals surface area (Å²) in [6.45, 7) is 6.62. The summed E-state index contributed by atoms with van der Waals surface area (Å²) < 4.78 is 5.25. The third kappa shape index (κ3) is 4.22. The Bertz CT molecular complexity index is 271. The first-order valence-electron chi connectivity index (χ1n) is 4.56. The topological polar surface area (TPSA) is 9.23 Å². The van der Waals surface area contributed by atoms with Crippen molar-refractivity contribution in [3.8, 4) is 18.1 Å². The van der Waals surface area contributed by atoms with E-state index in [1.54, 1.807) is 0 Å². The molecule has 0 unspecified atom stereocenters. The monoisotopic (exact) mass is 176 g/mol. The van der Waals surface area contributed by atoms with Crippen LogP contribution in [0.3, 0.4) is 0 Å². The molecule has 70 valence electrons. The lowest BCUT2D eigenvalue weighted by atomic mass is 10.2. The molecule has 0 amide bonds. The maximum atomic E-state index is 5.25. The summed E-state index contributed by atoms with van der Waals surface area (Å²) in [6.07, 6.45) is 5.21. The Morgan fingerprint density at radius 1 is 1.38 bits per heavy atom. The lowest BCUT2D eigenvalue weighted by Gasteiger charge is -2.01. The van der Waals surface area contributed by atoms with Gasteiger partial charge in [0.2, 0.25) is 0 Å². The van der Waals surface area contributed by atoms with Gasteiger partial charge in [0.05, 0.1) is 6.61 Å². The molecular weight excluding hydrogens is 160 g/mol. The smallest absolute Gasteiger partial charge is 0.120 e. The number of hydrogen-bond acceptors (Lipinski definition) is 1. The van der Waals surface area contributed by atoms with Crippen molar-refractivity contribution in [3.63, 3.8) is 0 Å². The lowest BCUT2D eigenvalue weighted by molar-refractivity contribution is 0.340. The quantitative estimate of drug-likeness (QED) is 0.629. The molecule has 0 heterocycles. The number of hydrogen-bond donors (Lipinski definition) is 0. The summed E-state index contributed by atoms with van der Waals surface area (Å²) in [5.74, 6) is 3.38. The van der Waals surface area contributed by atoms with E-state index < -0.39 is 0 Å². The van der Waals surface area contributed by atoms with Gasteiger partial charge in [-0.05, 0) is 25.1 Å². The predicted molar refractivity (Wildman–Crippen MR) is 56.9 cm³/mol. The van der Waals surface area contributed by atoms with E-state index >= 15 is 0 Å². The molecule has 0 aliphatic heterocycles. The van der Waals surface area contributed by atoms with Crippen LogP contribution in [0.15, 0.2) is 24.3 Å². The van der Waals surface area contributed by atoms with Crippen molar-refractivity contribution in [1.82, 2.24) is 0 Å². The van der Waals surface area contributed by atoms with Crippen LogP contribution in [-0.4, -0.2) is 6.61 Å². The summed E-state index contributed by atoms with van der Waals surface area (Å²) in [4.78, 5) is 0. The van der Waals surface area contributed by atoms with Crippen LogP contribution in [0, 0.1) is 12.3 Å². The van der Waals surface area contributed by atoms with Crippen molar-refractivity contribution >= 4 is 0 Å². The fraction of sp³-hybridized carbons (Fsp3) is 0.333. The minimum atomic E-state index is 0.675. The van der Waals surface area contributed by atoms with E-state index in [1.165, 1.54) is 0 Å². The fourth-order valence-electron chi connectivity index (χ4n) is 0.842. The van der Waals surface area contributed by atoms with Gasteiger partial charge in [-0.3, -0.25) is 0 Å². The minimum Gasteiger partial charge on any atom is -0.494 e. The molecule has 0 saturated heterocycles. The van der Waals surface area contributed by atoms with Crippen molar-refractivity contribution in [1.29, 1.82) is 0 Å². The van der Waals surface area contributed by atoms with Gasteiger partial charge in [0.25, 0.3) is 0 Å². The van der Waals surface area contributed by atoms with Crippen LogP contribution in [0.4, 0.5) is 0 Å². The summed E-state index contributed by atoms with van der Waals surface area (Å²) >= 11 is 0. The van der Waals surface area contributed by atoms with E-state index in [9.17, 15) is 0 Å². The highest BCUT2D eigenvalue weighted by Crippen LogP contribution is 2.11. The molecule has 0 N–H and O–H groups in total. The van der Waals surface area contributed by atoms with E-state index in [1.807, 2.05) is 45.0 Å². The van der Waals surface area contributed by atoms with Gasteiger partial charge < -0.3 is 4.74 Å². The van der Waals surface area contributed by atoms with Crippen molar-refractivity contribution in [2.45, 2.75) is 20.8 Å². The molecular formula is C12H16O. The molecule has 0 atom stereocenters. The lowest BCUT2D eigenvalue weighted by Crippen LogP contribution is -1.90. The Labute approximate surface area is 80.7 Å². The van der Waals surface area contributed by atoms with E-state index in [4.69, 9.17) is 11.2 Å². The molecule has 1 rings (SSSR count). The summed E-state index contributed by atoms with van der Waals surface area (Å²) in [5.41, 5.74) is 0.857. The zero-order chi connectivity index (χ0) is 10.1. The average molecular weight is 176 g/mol. The summed E-state index contributed by atoms with van der Waals surface area (Å²) in [6, 6.07) is 7.51. The molecule has 0 fully saturated rings. The van der Waals surface area contributed by atoms with Crippen molar-refractivity contribution in [2.24, 2.45) is 0 Å². The van der Waals surface area contributed by atoms with Crippen molar-refractivity contribution in [2.75, 3.05) is 6.61 Å². The Kier molecular flexibility index (Phi) is 6.45. The molecule has 1 aromatic rings. The first kappa shape index (κ1) is 11.6. The Balaban J connectivity index is 0.000000671. The maximum Gasteiger partial charge on any atom is 0.120 e. The van der Waals surface area contributed by atoms with Crippen LogP contribution >= 0.6 is 0 Å². The Morgan fingerprint density at radius 3 is 2.62 bits per heavy atom.